The van der Waals surface area contributed by atoms with Crippen LogP contribution in [0.2, 0.25) is 0 Å². The van der Waals surface area contributed by atoms with Gasteiger partial charge in [-0.1, -0.05) is 64.4 Å². The number of rotatable bonds is 11. The molecule has 2 aromatic carbocycles. The van der Waals surface area contributed by atoms with Gasteiger partial charge in [-0.05, 0) is 62.5 Å². The Balaban J connectivity index is 1.67. The first kappa shape index (κ1) is 36.5. The minimum Gasteiger partial charge on any atom is -0.496 e. The number of benzene rings is 2. The summed E-state index contributed by atoms with van der Waals surface area (Å²) in [4.78, 5) is 59.2. The molecule has 0 unspecified atom stereocenters. The van der Waals surface area contributed by atoms with Crippen molar-refractivity contribution in [3.8, 4) is 11.5 Å². The summed E-state index contributed by atoms with van der Waals surface area (Å²) in [5, 5.41) is 8.79. The largest absolute Gasteiger partial charge is 0.496 e. The number of nitrogens with zero attached hydrogens (tertiary/aromatic N) is 2. The Kier molecular flexibility index (Phi) is 12.6. The van der Waals surface area contributed by atoms with Crippen molar-refractivity contribution in [2.24, 2.45) is 11.8 Å². The molecule has 2 bridgehead atoms. The van der Waals surface area contributed by atoms with Gasteiger partial charge in [-0.2, -0.15) is 0 Å². The minimum absolute atomic E-state index is 0.0798. The van der Waals surface area contributed by atoms with Gasteiger partial charge >= 0.3 is 0 Å². The van der Waals surface area contributed by atoms with E-state index in [0.717, 1.165) is 11.1 Å². The number of fused-ring (bicyclic) bond motifs is 7. The van der Waals surface area contributed by atoms with Crippen molar-refractivity contribution in [3.05, 3.63) is 65.9 Å². The molecule has 0 aromatic heterocycles. The van der Waals surface area contributed by atoms with Crippen molar-refractivity contribution in [1.29, 1.82) is 0 Å². The monoisotopic (exact) mass is 661 g/mol. The Bertz CT molecular complexity index is 1460. The van der Waals surface area contributed by atoms with Crippen LogP contribution in [0.4, 0.5) is 0 Å². The van der Waals surface area contributed by atoms with E-state index in [1.807, 2.05) is 83.1 Å². The highest BCUT2D eigenvalue weighted by atomic mass is 16.5. The lowest BCUT2D eigenvalue weighted by molar-refractivity contribution is -0.144. The van der Waals surface area contributed by atoms with E-state index in [0.29, 0.717) is 37.2 Å². The third kappa shape index (κ3) is 8.94. The summed E-state index contributed by atoms with van der Waals surface area (Å²) in [5.41, 5.74) is 1.75. The molecule has 6 atom stereocenters. The second kappa shape index (κ2) is 16.6. The van der Waals surface area contributed by atoms with Gasteiger partial charge in [0.15, 0.2) is 0 Å². The molecule has 0 radical (unpaired) electrons. The molecule has 3 aliphatic heterocycles. The second-order valence-electron chi connectivity index (χ2n) is 13.4. The van der Waals surface area contributed by atoms with E-state index < -0.39 is 36.2 Å². The summed E-state index contributed by atoms with van der Waals surface area (Å²) in [6.45, 7) is 8.07. The molecule has 1 fully saturated rings. The summed E-state index contributed by atoms with van der Waals surface area (Å²) in [6, 6.07) is 11.8. The fourth-order valence-electron chi connectivity index (χ4n) is 6.27. The van der Waals surface area contributed by atoms with Gasteiger partial charge in [0.1, 0.15) is 35.7 Å². The van der Waals surface area contributed by atoms with Crippen LogP contribution in [0.5, 0.6) is 11.5 Å². The molecule has 0 saturated carbocycles. The molecule has 48 heavy (non-hydrogen) atoms. The zero-order chi connectivity index (χ0) is 35.0. The smallest absolute Gasteiger partial charge is 0.247 e. The Labute approximate surface area is 284 Å². The van der Waals surface area contributed by atoms with Crippen LogP contribution < -0.4 is 25.4 Å². The molecule has 11 heteroatoms. The van der Waals surface area contributed by atoms with E-state index in [9.17, 15) is 19.2 Å². The maximum atomic E-state index is 14.5. The van der Waals surface area contributed by atoms with Gasteiger partial charge in [-0.25, -0.2) is 0 Å². The number of hydrogen-bond donors (Lipinski definition) is 3. The molecule has 0 spiro atoms. The van der Waals surface area contributed by atoms with E-state index in [2.05, 4.69) is 16.0 Å². The summed E-state index contributed by atoms with van der Waals surface area (Å²) < 4.78 is 12.0. The van der Waals surface area contributed by atoms with Crippen LogP contribution in [0.25, 0.3) is 6.08 Å². The second-order valence-corrected chi connectivity index (χ2v) is 13.4. The highest BCUT2D eigenvalue weighted by Crippen LogP contribution is 2.31. The lowest BCUT2D eigenvalue weighted by Crippen LogP contribution is -2.60. The number of nitrogens with one attached hydrogen (secondary N) is 3. The molecular formula is C37H51N5O6. The molecule has 3 heterocycles. The van der Waals surface area contributed by atoms with Crippen molar-refractivity contribution in [1.82, 2.24) is 25.8 Å². The zero-order valence-corrected chi connectivity index (χ0v) is 29.2. The van der Waals surface area contributed by atoms with E-state index in [-0.39, 0.29) is 36.1 Å². The number of likely N-dealkylation sites (N-methyl/N-ethyl adjacent to an activating group) is 1. The molecule has 4 amide bonds. The molecule has 0 aliphatic carbocycles. The Morgan fingerprint density at radius 1 is 1.08 bits per heavy atom. The fraction of sp³-hybridized carbons (Fsp3) is 0.514. The van der Waals surface area contributed by atoms with Gasteiger partial charge < -0.3 is 30.3 Å². The topological polar surface area (TPSA) is 129 Å². The molecule has 11 nitrogen and oxygen atoms in total. The predicted octanol–water partition coefficient (Wildman–Crippen LogP) is 3.38. The third-order valence-electron chi connectivity index (χ3n) is 9.19. The van der Waals surface area contributed by atoms with Crippen LogP contribution in [-0.2, 0) is 25.6 Å². The summed E-state index contributed by atoms with van der Waals surface area (Å²) >= 11 is 0. The summed E-state index contributed by atoms with van der Waals surface area (Å²) in [7, 11) is 5.23. The van der Waals surface area contributed by atoms with Crippen LogP contribution in [0.15, 0.2) is 54.7 Å². The van der Waals surface area contributed by atoms with Gasteiger partial charge in [0.25, 0.3) is 0 Å². The number of likely N-dealkylation sites (tertiary alicyclic amines) is 1. The zero-order valence-electron chi connectivity index (χ0n) is 29.2. The lowest BCUT2D eigenvalue weighted by atomic mass is 9.97. The van der Waals surface area contributed by atoms with Crippen LogP contribution in [0, 0.1) is 11.8 Å². The number of carbonyl (C=O) groups excluding carboxylic acids is 4. The predicted molar refractivity (Wildman–Crippen MR) is 185 cm³/mol. The van der Waals surface area contributed by atoms with Gasteiger partial charge in [0.2, 0.25) is 23.6 Å². The Morgan fingerprint density at radius 2 is 1.81 bits per heavy atom. The molecule has 1 saturated heterocycles. The molecule has 3 N–H and O–H groups in total. The lowest BCUT2D eigenvalue weighted by Gasteiger charge is -2.34. The Hall–Kier alpha value is -4.38. The van der Waals surface area contributed by atoms with Gasteiger partial charge in [0.05, 0.1) is 13.2 Å². The summed E-state index contributed by atoms with van der Waals surface area (Å²) in [5.74, 6) is -0.562. The number of hydrogen-bond acceptors (Lipinski definition) is 7. The summed E-state index contributed by atoms with van der Waals surface area (Å²) in [6.07, 6.45) is 4.43. The molecule has 3 aliphatic rings. The molecular weight excluding hydrogens is 610 g/mol. The van der Waals surface area contributed by atoms with Crippen molar-refractivity contribution in [2.45, 2.75) is 83.6 Å². The van der Waals surface area contributed by atoms with E-state index in [4.69, 9.17) is 9.47 Å². The van der Waals surface area contributed by atoms with Crippen molar-refractivity contribution in [3.63, 3.8) is 0 Å². The van der Waals surface area contributed by atoms with Crippen LogP contribution in [-0.4, -0.2) is 91.4 Å². The fourth-order valence-corrected chi connectivity index (χ4v) is 6.27. The normalized spacial score (nSPS) is 21.4. The van der Waals surface area contributed by atoms with E-state index >= 15 is 0 Å². The average molecular weight is 662 g/mol. The first-order chi connectivity index (χ1) is 22.9. The van der Waals surface area contributed by atoms with Crippen molar-refractivity contribution in [2.75, 3.05) is 27.7 Å². The molecule has 2 aromatic rings. The third-order valence-corrected chi connectivity index (χ3v) is 9.19. The number of methoxy groups -OCH3 is 1. The van der Waals surface area contributed by atoms with Crippen LogP contribution in [0.1, 0.15) is 58.1 Å². The minimum atomic E-state index is -1.04. The molecule has 5 rings (SSSR count). The van der Waals surface area contributed by atoms with Crippen molar-refractivity contribution >= 4 is 29.7 Å². The number of ether oxygens (including phenoxy) is 2. The SMILES string of the molecule is CC[C@H](C)[C@H]1NC(=O)[C@@H]2[C@H](CCN2C(=O)[C@H](CC(C)C)NC(=O)[C@H](Cc2ccccc2)N(C)C)Oc2ccc(c(OC)c2)C=CNC1=O. The maximum absolute atomic E-state index is 14.5. The standard InChI is InChI=1S/C37H51N5O6/c1-8-24(4)32-35(44)38-18-16-26-14-15-27(22-31(26)47-7)48-30-17-19-42(33(30)36(45)40-32)37(46)28(20-23(2)3)39-34(43)29(41(5)6)21-25-12-10-9-11-13-25/h9-16,18,22-24,28-30,32-33H,8,17,19-21H2,1-7H3,(H,38,44)(H,39,43)(H,40,45)/t24-,28-,29-,30-,32+,33-/m0/s1. The van der Waals surface area contributed by atoms with Crippen LogP contribution in [0.3, 0.4) is 0 Å². The van der Waals surface area contributed by atoms with Gasteiger partial charge in [-0.15, -0.1) is 0 Å². The maximum Gasteiger partial charge on any atom is 0.247 e. The highest BCUT2D eigenvalue weighted by molar-refractivity contribution is 5.96. The number of amides is 4. The van der Waals surface area contributed by atoms with Gasteiger partial charge in [0, 0.05) is 30.8 Å². The molecule has 260 valence electrons. The Morgan fingerprint density at radius 3 is 2.46 bits per heavy atom. The van der Waals surface area contributed by atoms with Gasteiger partial charge in [-0.3, -0.25) is 24.1 Å². The van der Waals surface area contributed by atoms with E-state index in [1.165, 1.54) is 11.1 Å². The van der Waals surface area contributed by atoms with E-state index in [1.54, 1.807) is 25.3 Å². The number of carbonyl (C=O) groups is 4. The highest BCUT2D eigenvalue weighted by Gasteiger charge is 2.46. The quantitative estimate of drug-likeness (QED) is 0.337. The van der Waals surface area contributed by atoms with Crippen LogP contribution >= 0.6 is 0 Å². The first-order valence-electron chi connectivity index (χ1n) is 16.9. The van der Waals surface area contributed by atoms with Crippen molar-refractivity contribution < 1.29 is 28.7 Å². The average Bonchev–Trinajstić information content (AvgIpc) is 3.48. The first-order valence-corrected chi connectivity index (χ1v) is 16.9.